The van der Waals surface area contributed by atoms with Crippen molar-refractivity contribution >= 4 is 5.91 Å². The summed E-state index contributed by atoms with van der Waals surface area (Å²) < 4.78 is 10.6. The van der Waals surface area contributed by atoms with E-state index < -0.39 is 0 Å². The monoisotopic (exact) mass is 308 g/mol. The van der Waals surface area contributed by atoms with E-state index >= 15 is 0 Å². The number of carbonyl (C=O) groups excluding carboxylic acids is 1. The highest BCUT2D eigenvalue weighted by molar-refractivity contribution is 6.00. The maximum Gasteiger partial charge on any atom is 0.260 e. The molecule has 1 amide bonds. The predicted octanol–water partition coefficient (Wildman–Crippen LogP) is 3.44. The van der Waals surface area contributed by atoms with Crippen LogP contribution in [0.1, 0.15) is 27.2 Å². The summed E-state index contributed by atoms with van der Waals surface area (Å²) in [7, 11) is 0. The molecule has 1 aliphatic rings. The normalized spacial score (nSPS) is 13.9. The molecule has 2 aromatic heterocycles. The second-order valence-electron chi connectivity index (χ2n) is 5.69. The zero-order valence-electron chi connectivity index (χ0n) is 12.8. The molecular weight excluding hydrogens is 292 g/mol. The van der Waals surface area contributed by atoms with Crippen molar-refractivity contribution in [1.29, 1.82) is 0 Å². The number of hydrogen-bond donors (Lipinski definition) is 0. The predicted molar refractivity (Wildman–Crippen MR) is 83.8 cm³/mol. The summed E-state index contributed by atoms with van der Waals surface area (Å²) in [6.45, 7) is 3.06. The van der Waals surface area contributed by atoms with Gasteiger partial charge in [0.2, 0.25) is 0 Å². The third-order valence-electron chi connectivity index (χ3n) is 4.25. The number of hydrogen-bond acceptors (Lipinski definition) is 4. The summed E-state index contributed by atoms with van der Waals surface area (Å²) in [5.74, 6) is 0.993. The Morgan fingerprint density at radius 3 is 2.78 bits per heavy atom. The molecule has 3 heterocycles. The zero-order valence-corrected chi connectivity index (χ0v) is 12.8. The van der Waals surface area contributed by atoms with E-state index in [2.05, 4.69) is 17.3 Å². The van der Waals surface area contributed by atoms with Crippen molar-refractivity contribution < 1.29 is 13.7 Å². The third-order valence-corrected chi connectivity index (χ3v) is 4.25. The molecule has 5 heteroatoms. The van der Waals surface area contributed by atoms with Gasteiger partial charge in [-0.05, 0) is 36.6 Å². The molecule has 0 unspecified atom stereocenters. The van der Waals surface area contributed by atoms with Gasteiger partial charge in [-0.25, -0.2) is 0 Å². The van der Waals surface area contributed by atoms with E-state index in [1.165, 1.54) is 11.1 Å². The summed E-state index contributed by atoms with van der Waals surface area (Å²) in [6.07, 6.45) is 2.42. The minimum Gasteiger partial charge on any atom is -0.463 e. The van der Waals surface area contributed by atoms with Gasteiger partial charge < -0.3 is 13.8 Å². The molecular formula is C18H16N2O3. The van der Waals surface area contributed by atoms with Crippen LogP contribution in [0.5, 0.6) is 0 Å². The van der Waals surface area contributed by atoms with Crippen LogP contribution in [0.15, 0.2) is 51.6 Å². The van der Waals surface area contributed by atoms with Gasteiger partial charge in [-0.2, -0.15) is 0 Å². The Morgan fingerprint density at radius 1 is 1.17 bits per heavy atom. The number of amides is 1. The first-order valence-corrected chi connectivity index (χ1v) is 7.60. The molecule has 0 N–H and O–H groups in total. The standard InChI is InChI=1S/C18H16N2O3/c1-12-16(17(19-23-12)15-7-4-10-22-15)18(21)20-9-8-13-5-2-3-6-14(13)11-20/h2-7,10H,8-9,11H2,1H3. The lowest BCUT2D eigenvalue weighted by molar-refractivity contribution is 0.0733. The van der Waals surface area contributed by atoms with Crippen molar-refractivity contribution in [1.82, 2.24) is 10.1 Å². The zero-order chi connectivity index (χ0) is 15.8. The van der Waals surface area contributed by atoms with E-state index in [0.29, 0.717) is 35.9 Å². The average Bonchev–Trinajstić information content (AvgIpc) is 3.23. The van der Waals surface area contributed by atoms with Crippen LogP contribution in [-0.2, 0) is 13.0 Å². The van der Waals surface area contributed by atoms with Crippen LogP contribution in [-0.4, -0.2) is 22.5 Å². The van der Waals surface area contributed by atoms with Crippen molar-refractivity contribution in [2.75, 3.05) is 6.54 Å². The van der Waals surface area contributed by atoms with Crippen LogP contribution >= 0.6 is 0 Å². The quantitative estimate of drug-likeness (QED) is 0.727. The van der Waals surface area contributed by atoms with Crippen LogP contribution < -0.4 is 0 Å². The Balaban J connectivity index is 1.67. The molecule has 0 spiro atoms. The number of aryl methyl sites for hydroxylation is 1. The lowest BCUT2D eigenvalue weighted by atomic mass is 9.99. The number of aromatic nitrogens is 1. The van der Waals surface area contributed by atoms with Crippen LogP contribution in [0.4, 0.5) is 0 Å². The summed E-state index contributed by atoms with van der Waals surface area (Å²) in [5.41, 5.74) is 3.46. The van der Waals surface area contributed by atoms with Gasteiger partial charge in [0.1, 0.15) is 11.3 Å². The summed E-state index contributed by atoms with van der Waals surface area (Å²) in [4.78, 5) is 14.8. The Hall–Kier alpha value is -2.82. The van der Waals surface area contributed by atoms with Crippen molar-refractivity contribution in [2.45, 2.75) is 19.9 Å². The van der Waals surface area contributed by atoms with Gasteiger partial charge in [0, 0.05) is 13.1 Å². The summed E-state index contributed by atoms with van der Waals surface area (Å²) in [5, 5.41) is 4.00. The second-order valence-corrected chi connectivity index (χ2v) is 5.69. The molecule has 3 aromatic rings. The van der Waals surface area contributed by atoms with Gasteiger partial charge in [0.15, 0.2) is 11.5 Å². The van der Waals surface area contributed by atoms with Gasteiger partial charge >= 0.3 is 0 Å². The fourth-order valence-electron chi connectivity index (χ4n) is 3.03. The molecule has 0 bridgehead atoms. The smallest absolute Gasteiger partial charge is 0.260 e. The molecule has 0 radical (unpaired) electrons. The number of nitrogens with zero attached hydrogens (tertiary/aromatic N) is 2. The van der Waals surface area contributed by atoms with Gasteiger partial charge in [-0.15, -0.1) is 0 Å². The minimum atomic E-state index is -0.0651. The molecule has 0 fully saturated rings. The van der Waals surface area contributed by atoms with Gasteiger partial charge in [-0.3, -0.25) is 4.79 Å². The van der Waals surface area contributed by atoms with Crippen molar-refractivity contribution in [3.63, 3.8) is 0 Å². The Morgan fingerprint density at radius 2 is 2.00 bits per heavy atom. The van der Waals surface area contributed by atoms with Gasteiger partial charge in [-0.1, -0.05) is 29.4 Å². The maximum atomic E-state index is 13.0. The Bertz CT molecular complexity index is 849. The van der Waals surface area contributed by atoms with Crippen LogP contribution in [0.3, 0.4) is 0 Å². The lowest BCUT2D eigenvalue weighted by Gasteiger charge is -2.28. The average molecular weight is 308 g/mol. The molecule has 1 aromatic carbocycles. The molecule has 1 aliphatic heterocycles. The van der Waals surface area contributed by atoms with Crippen LogP contribution in [0, 0.1) is 6.92 Å². The van der Waals surface area contributed by atoms with E-state index in [4.69, 9.17) is 8.94 Å². The molecule has 0 saturated carbocycles. The summed E-state index contributed by atoms with van der Waals surface area (Å²) in [6, 6.07) is 11.8. The fraction of sp³-hybridized carbons (Fsp3) is 0.222. The highest BCUT2D eigenvalue weighted by atomic mass is 16.5. The Kier molecular flexibility index (Phi) is 3.26. The number of rotatable bonds is 2. The van der Waals surface area contributed by atoms with E-state index in [9.17, 15) is 4.79 Å². The van der Waals surface area contributed by atoms with Gasteiger partial charge in [0.25, 0.3) is 5.91 Å². The maximum absolute atomic E-state index is 13.0. The number of benzene rings is 1. The Labute approximate surface area is 133 Å². The minimum absolute atomic E-state index is 0.0651. The number of carbonyl (C=O) groups is 1. The van der Waals surface area contributed by atoms with E-state index in [1.54, 1.807) is 25.3 Å². The molecule has 0 atom stereocenters. The first-order valence-electron chi connectivity index (χ1n) is 7.60. The molecule has 0 aliphatic carbocycles. The van der Waals surface area contributed by atoms with E-state index in [-0.39, 0.29) is 5.91 Å². The molecule has 4 rings (SSSR count). The first-order chi connectivity index (χ1) is 11.2. The van der Waals surface area contributed by atoms with Crippen LogP contribution in [0.25, 0.3) is 11.5 Å². The topological polar surface area (TPSA) is 59.5 Å². The van der Waals surface area contributed by atoms with Crippen LogP contribution in [0.2, 0.25) is 0 Å². The second kappa shape index (κ2) is 5.43. The number of fused-ring (bicyclic) bond motifs is 1. The first kappa shape index (κ1) is 13.8. The fourth-order valence-corrected chi connectivity index (χ4v) is 3.03. The number of furan rings is 1. The highest BCUT2D eigenvalue weighted by Gasteiger charge is 2.29. The van der Waals surface area contributed by atoms with Gasteiger partial charge in [0.05, 0.1) is 6.26 Å². The van der Waals surface area contributed by atoms with E-state index in [1.807, 2.05) is 17.0 Å². The van der Waals surface area contributed by atoms with E-state index in [0.717, 1.165) is 6.42 Å². The largest absolute Gasteiger partial charge is 0.463 e. The molecule has 0 saturated heterocycles. The molecule has 23 heavy (non-hydrogen) atoms. The molecule has 116 valence electrons. The lowest BCUT2D eigenvalue weighted by Crippen LogP contribution is -2.36. The third kappa shape index (κ3) is 2.34. The SMILES string of the molecule is Cc1onc(-c2ccco2)c1C(=O)N1CCc2ccccc2C1. The highest BCUT2D eigenvalue weighted by Crippen LogP contribution is 2.28. The molecule has 5 nitrogen and oxygen atoms in total. The summed E-state index contributed by atoms with van der Waals surface area (Å²) >= 11 is 0. The van der Waals surface area contributed by atoms with Crippen molar-refractivity contribution in [2.24, 2.45) is 0 Å². The van der Waals surface area contributed by atoms with Crippen molar-refractivity contribution in [3.05, 3.63) is 65.1 Å². The van der Waals surface area contributed by atoms with Crippen molar-refractivity contribution in [3.8, 4) is 11.5 Å².